The zero-order valence-electron chi connectivity index (χ0n) is 19.4. The summed E-state index contributed by atoms with van der Waals surface area (Å²) in [5.74, 6) is -0.254. The summed E-state index contributed by atoms with van der Waals surface area (Å²) in [5.41, 5.74) is 0.341. The Morgan fingerprint density at radius 2 is 1.89 bits per heavy atom. The molecule has 3 aromatic rings. The van der Waals surface area contributed by atoms with Crippen molar-refractivity contribution in [3.8, 4) is 17.5 Å². The molecule has 0 aliphatic heterocycles. The van der Waals surface area contributed by atoms with E-state index in [2.05, 4.69) is 36.2 Å². The minimum absolute atomic E-state index is 0.0308. The maximum atomic E-state index is 13.8. The Bertz CT molecular complexity index is 1260. The number of methoxy groups -OCH3 is 2. The van der Waals surface area contributed by atoms with E-state index in [9.17, 15) is 17.6 Å². The molecule has 2 heterocycles. The number of benzene rings is 1. The molecule has 14 heteroatoms. The highest BCUT2D eigenvalue weighted by atomic mass is 32.2. The van der Waals surface area contributed by atoms with Crippen molar-refractivity contribution in [3.05, 3.63) is 42.1 Å². The van der Waals surface area contributed by atoms with E-state index >= 15 is 0 Å². The zero-order valence-corrected chi connectivity index (χ0v) is 20.2. The van der Waals surface area contributed by atoms with E-state index in [0.29, 0.717) is 15.8 Å². The Hall–Kier alpha value is -3.81. The van der Waals surface area contributed by atoms with Crippen LogP contribution in [0.1, 0.15) is 17.6 Å². The molecule has 2 N–H and O–H groups in total. The van der Waals surface area contributed by atoms with Gasteiger partial charge in [0, 0.05) is 30.4 Å². The third-order valence-electron chi connectivity index (χ3n) is 4.62. The summed E-state index contributed by atoms with van der Waals surface area (Å²) in [6.45, 7) is 2.65. The fourth-order valence-electron chi connectivity index (χ4n) is 3.16. The molecule has 36 heavy (non-hydrogen) atoms. The number of H-pyrrole nitrogens is 1. The van der Waals surface area contributed by atoms with Gasteiger partial charge in [-0.25, -0.2) is 22.6 Å². The summed E-state index contributed by atoms with van der Waals surface area (Å²) >= 11 is 1.07. The van der Waals surface area contributed by atoms with Crippen LogP contribution in [0.4, 0.5) is 23.5 Å². The van der Waals surface area contributed by atoms with Gasteiger partial charge in [0.05, 0.1) is 30.2 Å². The van der Waals surface area contributed by atoms with Crippen LogP contribution in [-0.4, -0.2) is 61.3 Å². The zero-order chi connectivity index (χ0) is 26.2. The minimum Gasteiger partial charge on any atom is -0.478 e. The molecule has 0 saturated carbocycles. The maximum Gasteiger partial charge on any atom is 0.272 e. The molecule has 0 atom stereocenters. The van der Waals surface area contributed by atoms with Gasteiger partial charge in [-0.15, -0.1) is 0 Å². The lowest BCUT2D eigenvalue weighted by atomic mass is 10.0. The number of aromatic nitrogens is 3. The molecule has 0 amide bonds. The Balaban J connectivity index is 1.96. The molecule has 0 spiro atoms. The maximum absolute atomic E-state index is 13.8. The lowest BCUT2D eigenvalue weighted by Crippen LogP contribution is -2.11. The first-order chi connectivity index (χ1) is 17.3. The van der Waals surface area contributed by atoms with Gasteiger partial charge in [0.25, 0.3) is 24.6 Å². The summed E-state index contributed by atoms with van der Waals surface area (Å²) in [5, 5.41) is 0.609. The van der Waals surface area contributed by atoms with Crippen LogP contribution >= 0.6 is 11.9 Å². The Morgan fingerprint density at radius 1 is 1.19 bits per heavy atom. The Labute approximate surface area is 207 Å². The predicted octanol–water partition coefficient (Wildman–Crippen LogP) is 5.31. The SMILES string of the molecule is C=CC=NC(=NC)c1c(C(F)F)ccc2c(SNc3nc(OC)c(OCC(F)F)c(OC)n3)c[nH]c12. The van der Waals surface area contributed by atoms with Gasteiger partial charge in [0.1, 0.15) is 6.61 Å². The topological polar surface area (TPSA) is 106 Å². The Morgan fingerprint density at radius 3 is 2.44 bits per heavy atom. The third-order valence-corrected chi connectivity index (χ3v) is 5.46. The van der Waals surface area contributed by atoms with E-state index in [4.69, 9.17) is 14.2 Å². The fraction of sp³-hybridized carbons (Fsp3) is 0.273. The summed E-state index contributed by atoms with van der Waals surface area (Å²) in [6.07, 6.45) is -1.08. The number of nitrogens with one attached hydrogen (secondary N) is 2. The average Bonchev–Trinajstić information content (AvgIpc) is 3.29. The molecular weight excluding hydrogens is 504 g/mol. The molecule has 0 aliphatic rings. The number of amidine groups is 1. The standard InChI is InChI=1S/C22H22F4N6O3S/c1-5-8-28-19(27-2)15-12(18(25)26)7-6-11-13(9-29-16(11)15)36-32-22-30-20(33-3)17(21(31-22)34-4)35-10-14(23)24/h5-9,14,18,29H,1,10H2,2-4H3,(H,30,31,32). The van der Waals surface area contributed by atoms with E-state index in [0.717, 1.165) is 11.9 Å². The highest BCUT2D eigenvalue weighted by Crippen LogP contribution is 2.38. The van der Waals surface area contributed by atoms with Gasteiger partial charge >= 0.3 is 0 Å². The van der Waals surface area contributed by atoms with Gasteiger partial charge in [-0.1, -0.05) is 24.8 Å². The second kappa shape index (κ2) is 12.2. The lowest BCUT2D eigenvalue weighted by molar-refractivity contribution is 0.0780. The molecule has 0 radical (unpaired) electrons. The molecule has 0 unspecified atom stereocenters. The summed E-state index contributed by atoms with van der Waals surface area (Å²) < 4.78 is 70.9. The number of hydrogen-bond donors (Lipinski definition) is 2. The van der Waals surface area contributed by atoms with Crippen LogP contribution in [0.2, 0.25) is 0 Å². The highest BCUT2D eigenvalue weighted by Gasteiger charge is 2.23. The molecule has 0 bridgehead atoms. The van der Waals surface area contributed by atoms with Crippen molar-refractivity contribution < 1.29 is 31.8 Å². The second-order valence-electron chi connectivity index (χ2n) is 6.77. The number of anilines is 1. The summed E-state index contributed by atoms with van der Waals surface area (Å²) in [7, 11) is 4.03. The van der Waals surface area contributed by atoms with E-state index in [-0.39, 0.29) is 40.4 Å². The lowest BCUT2D eigenvalue weighted by Gasteiger charge is -2.14. The van der Waals surface area contributed by atoms with Gasteiger partial charge in [-0.2, -0.15) is 9.97 Å². The first-order valence-electron chi connectivity index (χ1n) is 10.2. The number of hydrogen-bond acceptors (Lipinski definition) is 8. The number of rotatable bonds is 11. The predicted molar refractivity (Wildman–Crippen MR) is 131 cm³/mol. The van der Waals surface area contributed by atoms with Crippen LogP contribution in [0.25, 0.3) is 10.9 Å². The quantitative estimate of drug-likeness (QED) is 0.151. The second-order valence-corrected chi connectivity index (χ2v) is 7.62. The van der Waals surface area contributed by atoms with E-state index in [1.807, 2.05) is 0 Å². The van der Waals surface area contributed by atoms with Crippen molar-refractivity contribution in [2.75, 3.05) is 32.6 Å². The molecule has 3 rings (SSSR count). The number of aromatic amines is 1. The molecule has 9 nitrogen and oxygen atoms in total. The van der Waals surface area contributed by atoms with Gasteiger partial charge in [-0.05, 0) is 11.9 Å². The van der Waals surface area contributed by atoms with Crippen LogP contribution < -0.4 is 18.9 Å². The fourth-order valence-corrected chi connectivity index (χ4v) is 3.85. The number of ether oxygens (including phenoxy) is 3. The first-order valence-corrected chi connectivity index (χ1v) is 11.0. The van der Waals surface area contributed by atoms with E-state index in [1.165, 1.54) is 39.6 Å². The van der Waals surface area contributed by atoms with Crippen LogP contribution in [0.5, 0.6) is 17.5 Å². The number of alkyl halides is 4. The van der Waals surface area contributed by atoms with Crippen molar-refractivity contribution in [1.82, 2.24) is 15.0 Å². The normalized spacial score (nSPS) is 12.1. The average molecular weight is 527 g/mol. The van der Waals surface area contributed by atoms with Crippen molar-refractivity contribution in [2.45, 2.75) is 17.7 Å². The number of halogens is 4. The summed E-state index contributed by atoms with van der Waals surface area (Å²) in [4.78, 5) is 20.0. The Kier molecular flexibility index (Phi) is 9.11. The van der Waals surface area contributed by atoms with Gasteiger partial charge < -0.3 is 19.2 Å². The third kappa shape index (κ3) is 5.87. The molecular formula is C22H22F4N6O3S. The smallest absolute Gasteiger partial charge is 0.272 e. The number of aliphatic imine (C=N–C) groups is 2. The van der Waals surface area contributed by atoms with Crippen LogP contribution in [0.3, 0.4) is 0 Å². The first kappa shape index (κ1) is 26.8. The van der Waals surface area contributed by atoms with Crippen LogP contribution in [-0.2, 0) is 0 Å². The minimum atomic E-state index is -2.75. The number of fused-ring (bicyclic) bond motifs is 1. The van der Waals surface area contributed by atoms with E-state index in [1.54, 1.807) is 12.3 Å². The van der Waals surface area contributed by atoms with Crippen molar-refractivity contribution in [2.24, 2.45) is 9.98 Å². The van der Waals surface area contributed by atoms with Gasteiger partial charge in [-0.3, -0.25) is 9.71 Å². The molecule has 0 fully saturated rings. The van der Waals surface area contributed by atoms with Crippen LogP contribution in [0, 0.1) is 0 Å². The summed E-state index contributed by atoms with van der Waals surface area (Å²) in [6, 6.07) is 2.86. The monoisotopic (exact) mass is 526 g/mol. The number of allylic oxidation sites excluding steroid dienone is 1. The molecule has 0 saturated heterocycles. The molecule has 192 valence electrons. The van der Waals surface area contributed by atoms with E-state index < -0.39 is 19.5 Å². The largest absolute Gasteiger partial charge is 0.478 e. The van der Waals surface area contributed by atoms with Crippen LogP contribution in [0.15, 0.2) is 45.9 Å². The number of nitrogens with zero attached hydrogens (tertiary/aromatic N) is 4. The molecule has 1 aromatic carbocycles. The van der Waals surface area contributed by atoms with Gasteiger partial charge in [0.15, 0.2) is 5.84 Å². The highest BCUT2D eigenvalue weighted by molar-refractivity contribution is 8.00. The van der Waals surface area contributed by atoms with Gasteiger partial charge in [0.2, 0.25) is 11.7 Å². The van der Waals surface area contributed by atoms with Crippen molar-refractivity contribution in [1.29, 1.82) is 0 Å². The van der Waals surface area contributed by atoms with Crippen molar-refractivity contribution >= 4 is 40.8 Å². The molecule has 0 aliphatic carbocycles. The van der Waals surface area contributed by atoms with Crippen molar-refractivity contribution in [3.63, 3.8) is 0 Å². The molecule has 2 aromatic heterocycles.